The van der Waals surface area contributed by atoms with E-state index in [0.717, 1.165) is 188 Å². The molecule has 20 aromatic carbocycles. The van der Waals surface area contributed by atoms with E-state index in [2.05, 4.69) is 420 Å². The number of hydrogen-bond acceptors (Lipinski definition) is 6. The number of furan rings is 2. The largest absolute Gasteiger partial charge is 0.456 e. The van der Waals surface area contributed by atoms with Gasteiger partial charge in [0.1, 0.15) is 22.3 Å². The summed E-state index contributed by atoms with van der Waals surface area (Å²) in [6, 6.07) is 145. The highest BCUT2D eigenvalue weighted by atomic mass is 16.3. The van der Waals surface area contributed by atoms with Gasteiger partial charge in [-0.15, -0.1) is 0 Å². The van der Waals surface area contributed by atoms with Crippen molar-refractivity contribution in [3.63, 3.8) is 0 Å². The van der Waals surface area contributed by atoms with Crippen molar-refractivity contribution in [2.75, 3.05) is 19.6 Å². The molecule has 0 radical (unpaired) electrons. The lowest BCUT2D eigenvalue weighted by Crippen LogP contribution is -2.11. The van der Waals surface area contributed by atoms with Gasteiger partial charge in [-0.25, -0.2) is 0 Å². The summed E-state index contributed by atoms with van der Waals surface area (Å²) in [5.41, 5.74) is 18.1. The summed E-state index contributed by atoms with van der Waals surface area (Å²) in [6.07, 6.45) is 0. The van der Waals surface area contributed by atoms with Crippen LogP contribution in [0, 0.1) is 0 Å². The molecule has 0 amide bonds. The summed E-state index contributed by atoms with van der Waals surface area (Å²) in [4.78, 5) is 9.62. The molecule has 0 bridgehead atoms. The molecule has 2 heterocycles. The van der Waals surface area contributed by atoms with Crippen LogP contribution in [-0.4, -0.2) is 0 Å². The molecule has 0 atom stereocenters. The van der Waals surface area contributed by atoms with E-state index in [1.165, 1.54) is 21.5 Å². The van der Waals surface area contributed by atoms with E-state index < -0.39 is 0 Å². The van der Waals surface area contributed by atoms with Gasteiger partial charge < -0.3 is 28.4 Å². The summed E-state index contributed by atoms with van der Waals surface area (Å²) < 4.78 is 14.7. The summed E-state index contributed by atoms with van der Waals surface area (Å²) in [5.74, 6) is 0. The second kappa shape index (κ2) is 25.5. The van der Waals surface area contributed by atoms with Gasteiger partial charge in [-0.05, 0) is 156 Å². The first kappa shape index (κ1) is 62.6. The van der Waals surface area contributed by atoms with Crippen molar-refractivity contribution in [3.05, 3.63) is 400 Å². The molecule has 0 aliphatic heterocycles. The van der Waals surface area contributed by atoms with Crippen LogP contribution in [0.2, 0.25) is 0 Å². The van der Waals surface area contributed by atoms with Gasteiger partial charge in [0.15, 0.2) is 0 Å². The van der Waals surface area contributed by atoms with Crippen LogP contribution in [0.5, 0.6) is 0 Å². The van der Waals surface area contributed by atoms with Crippen molar-refractivity contribution in [2.45, 2.75) is 0 Å². The smallest absolute Gasteiger partial charge is 0.138 e. The minimum atomic E-state index is 0.812. The molecule has 0 saturated heterocycles. The Kier molecular flexibility index (Phi) is 14.5. The Morgan fingerprint density at radius 2 is 0.473 bits per heavy atom. The summed E-state index contributed by atoms with van der Waals surface area (Å²) >= 11 is 0. The third-order valence-corrected chi connectivity index (χ3v) is 22.4. The quantitative estimate of drug-likeness (QED) is 0.115. The summed E-state index contributed by atoms with van der Waals surface area (Å²) in [5, 5.41) is 22.6. The van der Waals surface area contributed by atoms with Crippen LogP contribution in [0.4, 0.5) is 68.2 Å². The van der Waals surface area contributed by atoms with Crippen molar-refractivity contribution in [1.29, 1.82) is 0 Å². The Balaban J connectivity index is 0.680. The molecule has 0 spiro atoms. The minimum Gasteiger partial charge on any atom is -0.456 e. The zero-order valence-electron chi connectivity index (χ0n) is 59.7. The van der Waals surface area contributed by atoms with Crippen LogP contribution in [0.3, 0.4) is 0 Å². The molecule has 0 N–H and O–H groups in total. The standard InChI is InChI=1S/C104H66N4O2/c1-5-34-73(35-6-1)105(77-57-54-67-28-13-14-30-70(67)61-77)93-63-97-101(86-47-21-17-43-82(86)93)102-87-48-22-18-44-83(87)94(64-98(102)109-97)106(74-36-7-2-8-37-74)78-58-55-69-31-25-51-79(90(69)62-78)72-56-59-81-71(60-72)33-27-53-92(81)108(76-40-11-4-12-41-76)96-66-100-104(89-50-24-20-46-85(89)96)103-88-49-23-19-45-84(88)95(65-99(103)110-100)107(75-38-9-3-10-39-75)91-52-26-32-68-29-15-16-42-80(68)91/h1-66H. The lowest BCUT2D eigenvalue weighted by Gasteiger charge is -2.28. The fraction of sp³-hybridized carbons (Fsp3) is 0. The number of para-hydroxylation sites is 4. The Hall–Kier alpha value is -14.7. The molecule has 0 fully saturated rings. The summed E-state index contributed by atoms with van der Waals surface area (Å²) in [6.45, 7) is 0. The molecule has 0 saturated carbocycles. The van der Waals surface area contributed by atoms with E-state index in [9.17, 15) is 0 Å². The van der Waals surface area contributed by atoms with Gasteiger partial charge in [0.25, 0.3) is 0 Å². The monoisotopic (exact) mass is 1400 g/mol. The average molecular weight is 1400 g/mol. The second-order valence-electron chi connectivity index (χ2n) is 28.6. The van der Waals surface area contributed by atoms with Crippen LogP contribution in [0.25, 0.3) is 141 Å². The molecule has 0 aliphatic carbocycles. The molecular weight excluding hydrogens is 1340 g/mol. The molecule has 22 aromatic rings. The van der Waals surface area contributed by atoms with Crippen molar-refractivity contribution in [3.8, 4) is 11.1 Å². The SMILES string of the molecule is c1ccc(N(c2ccc3ccccc3c2)c2cc3oc4cc(N(c5ccccc5)c5ccc6cccc(-c7ccc8c(N(c9ccccc9)c9cc%10oc%11cc(N(c%12ccccc%12)c%12cccc%13ccccc%12%13)c%12ccccc%12c%11c%10c%10ccccc9%10)cccc8c7)c6c5)c5ccccc5c4c3c3ccccc23)cc1. The van der Waals surface area contributed by atoms with Crippen molar-refractivity contribution in [2.24, 2.45) is 0 Å². The predicted molar refractivity (Wildman–Crippen MR) is 465 cm³/mol. The van der Waals surface area contributed by atoms with E-state index in [1.54, 1.807) is 0 Å². The molecule has 2 aromatic heterocycles. The maximum Gasteiger partial charge on any atom is 0.138 e. The molecule has 6 heteroatoms. The van der Waals surface area contributed by atoms with Crippen molar-refractivity contribution < 1.29 is 8.83 Å². The predicted octanol–water partition coefficient (Wildman–Crippen LogP) is 30.3. The van der Waals surface area contributed by atoms with E-state index in [4.69, 9.17) is 8.83 Å². The third-order valence-electron chi connectivity index (χ3n) is 22.4. The molecule has 110 heavy (non-hydrogen) atoms. The maximum absolute atomic E-state index is 7.38. The van der Waals surface area contributed by atoms with Crippen LogP contribution >= 0.6 is 0 Å². The fourth-order valence-corrected chi connectivity index (χ4v) is 17.6. The van der Waals surface area contributed by atoms with Gasteiger partial charge in [-0.2, -0.15) is 0 Å². The van der Waals surface area contributed by atoms with Crippen LogP contribution in [-0.2, 0) is 0 Å². The molecule has 22 rings (SSSR count). The van der Waals surface area contributed by atoms with E-state index >= 15 is 0 Å². The molecule has 514 valence electrons. The van der Waals surface area contributed by atoms with Gasteiger partial charge in [0.2, 0.25) is 0 Å². The normalized spacial score (nSPS) is 11.8. The van der Waals surface area contributed by atoms with Crippen LogP contribution in [0.15, 0.2) is 409 Å². The number of rotatable bonds is 13. The lowest BCUT2D eigenvalue weighted by molar-refractivity contribution is 0.669. The highest BCUT2D eigenvalue weighted by Gasteiger charge is 2.29. The van der Waals surface area contributed by atoms with E-state index in [0.29, 0.717) is 0 Å². The lowest BCUT2D eigenvalue weighted by atomic mass is 9.94. The Morgan fingerprint density at radius 3 is 0.927 bits per heavy atom. The first-order chi connectivity index (χ1) is 54.6. The van der Waals surface area contributed by atoms with Gasteiger partial charge in [-0.3, -0.25) is 0 Å². The van der Waals surface area contributed by atoms with E-state index in [1.807, 2.05) is 0 Å². The molecule has 0 aliphatic rings. The molecular formula is C104H66N4O2. The van der Waals surface area contributed by atoms with Crippen molar-refractivity contribution in [1.82, 2.24) is 0 Å². The second-order valence-corrected chi connectivity index (χ2v) is 28.6. The zero-order valence-corrected chi connectivity index (χ0v) is 59.7. The fourth-order valence-electron chi connectivity index (χ4n) is 17.6. The maximum atomic E-state index is 7.38. The first-order valence-electron chi connectivity index (χ1n) is 37.6. The number of nitrogens with zero attached hydrogens (tertiary/aromatic N) is 4. The van der Waals surface area contributed by atoms with Gasteiger partial charge in [0.05, 0.1) is 34.1 Å². The number of benzene rings is 20. The van der Waals surface area contributed by atoms with Gasteiger partial charge in [0, 0.05) is 112 Å². The Bertz CT molecular complexity index is 7430. The Labute approximate surface area is 634 Å². The van der Waals surface area contributed by atoms with Crippen LogP contribution < -0.4 is 19.6 Å². The van der Waals surface area contributed by atoms with Gasteiger partial charge in [-0.1, -0.05) is 285 Å². The highest BCUT2D eigenvalue weighted by molar-refractivity contribution is 6.32. The highest BCUT2D eigenvalue weighted by Crippen LogP contribution is 2.54. The number of fused-ring (bicyclic) bond motifs is 18. The molecule has 0 unspecified atom stereocenters. The summed E-state index contributed by atoms with van der Waals surface area (Å²) in [7, 11) is 0. The van der Waals surface area contributed by atoms with Crippen molar-refractivity contribution >= 4 is 198 Å². The van der Waals surface area contributed by atoms with Crippen LogP contribution in [0.1, 0.15) is 0 Å². The topological polar surface area (TPSA) is 39.2 Å². The minimum absolute atomic E-state index is 0.812. The number of hydrogen-bond donors (Lipinski definition) is 0. The van der Waals surface area contributed by atoms with E-state index in [-0.39, 0.29) is 0 Å². The van der Waals surface area contributed by atoms with Gasteiger partial charge >= 0.3 is 0 Å². The third kappa shape index (κ3) is 10.1. The molecule has 6 nitrogen and oxygen atoms in total. The zero-order chi connectivity index (χ0) is 72.3. The first-order valence-corrected chi connectivity index (χ1v) is 37.6. The Morgan fingerprint density at radius 1 is 0.155 bits per heavy atom. The number of anilines is 12. The average Bonchev–Trinajstić information content (AvgIpc) is 1.50.